The van der Waals surface area contributed by atoms with E-state index in [0.29, 0.717) is 6.41 Å². The van der Waals surface area contributed by atoms with Crippen molar-refractivity contribution in [3.63, 3.8) is 0 Å². The summed E-state index contributed by atoms with van der Waals surface area (Å²) in [5.74, 6) is 0. The van der Waals surface area contributed by atoms with E-state index in [0.717, 1.165) is 0 Å². The molecule has 0 saturated carbocycles. The third-order valence-electron chi connectivity index (χ3n) is 0.890. The van der Waals surface area contributed by atoms with E-state index in [1.165, 1.54) is 6.07 Å². The minimum Gasteiger partial charge on any atom is -0.324 e. The Kier molecular flexibility index (Phi) is 1.79. The largest absolute Gasteiger partial charge is 0.324 e. The third-order valence-corrected chi connectivity index (χ3v) is 0.890. The van der Waals surface area contributed by atoms with Crippen LogP contribution in [0.3, 0.4) is 0 Å². The summed E-state index contributed by atoms with van der Waals surface area (Å²) in [7, 11) is 0. The molecule has 1 amide bonds. The number of carbonyl (C=O) groups excluding carboxylic acids is 1. The summed E-state index contributed by atoms with van der Waals surface area (Å²) in [5, 5.41) is 7.59. The van der Waals surface area contributed by atoms with Crippen LogP contribution in [0, 0.1) is 6.20 Å². The Morgan fingerprint density at radius 2 is 2.60 bits per heavy atom. The van der Waals surface area contributed by atoms with Crippen LogP contribution in [-0.2, 0) is 4.79 Å². The van der Waals surface area contributed by atoms with Crippen LogP contribution in [0.2, 0.25) is 0 Å². The number of rotatable bonds is 2. The molecule has 0 spiro atoms. The van der Waals surface area contributed by atoms with Gasteiger partial charge in [0, 0.05) is 0 Å². The first-order valence-corrected chi connectivity index (χ1v) is 2.50. The molecule has 1 aromatic heterocycles. The fourth-order valence-corrected chi connectivity index (χ4v) is 0.476. The molecule has 0 aliphatic rings. The van der Waals surface area contributed by atoms with Gasteiger partial charge in [-0.15, -0.1) is 0 Å². The van der Waals surface area contributed by atoms with Crippen molar-refractivity contribution in [3.8, 4) is 0 Å². The van der Waals surface area contributed by atoms with E-state index in [2.05, 4.69) is 21.7 Å². The molecule has 0 bridgehead atoms. The second kappa shape index (κ2) is 2.77. The van der Waals surface area contributed by atoms with Gasteiger partial charge in [-0.2, -0.15) is 5.10 Å². The zero-order chi connectivity index (χ0) is 7.40. The lowest BCUT2D eigenvalue weighted by Gasteiger charge is -1.91. The first-order valence-electron chi connectivity index (χ1n) is 2.50. The number of nitrogens with one attached hydrogen (secondary N) is 2. The number of anilines is 1. The van der Waals surface area contributed by atoms with Crippen molar-refractivity contribution >= 4 is 12.1 Å². The third kappa shape index (κ3) is 1.19. The molecule has 51 valence electrons. The summed E-state index contributed by atoms with van der Waals surface area (Å²) < 4.78 is 0. The van der Waals surface area contributed by atoms with E-state index in [9.17, 15) is 9.59 Å². The number of aromatic amines is 1. The fraction of sp³-hybridized carbons (Fsp3) is 0. The van der Waals surface area contributed by atoms with Crippen molar-refractivity contribution in [2.75, 3.05) is 5.32 Å². The molecule has 0 unspecified atom stereocenters. The Bertz CT molecular complexity index is 280. The number of carbonyl (C=O) groups is 1. The molecule has 5 nitrogen and oxygen atoms in total. The summed E-state index contributed by atoms with van der Waals surface area (Å²) in [5.41, 5.74) is -0.296. The van der Waals surface area contributed by atoms with Gasteiger partial charge in [-0.3, -0.25) is 9.59 Å². The van der Waals surface area contributed by atoms with Gasteiger partial charge in [0.05, 0.1) is 0 Å². The van der Waals surface area contributed by atoms with E-state index in [1.54, 1.807) is 0 Å². The smallest absolute Gasteiger partial charge is 0.287 e. The van der Waals surface area contributed by atoms with Crippen molar-refractivity contribution in [1.29, 1.82) is 0 Å². The molecule has 2 N–H and O–H groups in total. The molecule has 1 radical (unpaired) electrons. The van der Waals surface area contributed by atoms with Crippen LogP contribution in [0.25, 0.3) is 0 Å². The Morgan fingerprint density at radius 1 is 1.80 bits per heavy atom. The second-order valence-corrected chi connectivity index (χ2v) is 1.50. The van der Waals surface area contributed by atoms with Crippen molar-refractivity contribution in [1.82, 2.24) is 10.2 Å². The highest BCUT2D eigenvalue weighted by molar-refractivity contribution is 5.69. The highest BCUT2D eigenvalue weighted by Gasteiger charge is 1.93. The van der Waals surface area contributed by atoms with Gasteiger partial charge < -0.3 is 5.32 Å². The number of H-pyrrole nitrogens is 1. The number of hydrogen-bond donors (Lipinski definition) is 2. The van der Waals surface area contributed by atoms with E-state index in [1.807, 2.05) is 0 Å². The molecule has 0 saturated heterocycles. The highest BCUT2D eigenvalue weighted by Crippen LogP contribution is 1.89. The lowest BCUT2D eigenvalue weighted by molar-refractivity contribution is -0.105. The predicted octanol–water partition coefficient (Wildman–Crippen LogP) is -0.862. The van der Waals surface area contributed by atoms with Crippen LogP contribution in [0.1, 0.15) is 0 Å². The van der Waals surface area contributed by atoms with Crippen molar-refractivity contribution < 1.29 is 4.79 Å². The summed E-state index contributed by atoms with van der Waals surface area (Å²) in [4.78, 5) is 20.5. The molecule has 0 aromatic carbocycles. The monoisotopic (exact) mass is 138 g/mol. The zero-order valence-corrected chi connectivity index (χ0v) is 4.92. The first kappa shape index (κ1) is 6.47. The van der Waals surface area contributed by atoms with Gasteiger partial charge >= 0.3 is 0 Å². The summed E-state index contributed by atoms with van der Waals surface area (Å²) in [6, 6.07) is 1.28. The van der Waals surface area contributed by atoms with Crippen molar-refractivity contribution in [3.05, 3.63) is 22.6 Å². The molecule has 1 rings (SSSR count). The molecule has 1 aromatic rings. The van der Waals surface area contributed by atoms with Crippen LogP contribution in [0.5, 0.6) is 0 Å². The average molecular weight is 138 g/mol. The fourth-order valence-electron chi connectivity index (χ4n) is 0.476. The Balaban J connectivity index is 3.03. The Labute approximate surface area is 56.1 Å². The molecule has 0 aliphatic carbocycles. The van der Waals surface area contributed by atoms with Crippen LogP contribution in [0.4, 0.5) is 5.69 Å². The SMILES string of the molecule is O=CNc1c[c]n[nH]c1=O. The van der Waals surface area contributed by atoms with Gasteiger partial charge in [0.1, 0.15) is 11.9 Å². The standard InChI is InChI=1S/C5H4N3O2/c9-3-6-4-1-2-7-8-5(4)10/h1,3H,(H,8,10)(H,6,7,9). The normalized spacial score (nSPS) is 8.80. The van der Waals surface area contributed by atoms with Crippen LogP contribution in [-0.4, -0.2) is 16.6 Å². The maximum absolute atomic E-state index is 10.6. The van der Waals surface area contributed by atoms with E-state index >= 15 is 0 Å². The molecule has 1 heterocycles. The van der Waals surface area contributed by atoms with Gasteiger partial charge in [-0.25, -0.2) is 5.10 Å². The molecular formula is C5H4N3O2. The Morgan fingerprint density at radius 3 is 3.20 bits per heavy atom. The van der Waals surface area contributed by atoms with Gasteiger partial charge in [0.25, 0.3) is 5.56 Å². The van der Waals surface area contributed by atoms with Gasteiger partial charge in [-0.1, -0.05) is 0 Å². The van der Waals surface area contributed by atoms with Crippen molar-refractivity contribution in [2.45, 2.75) is 0 Å². The minimum atomic E-state index is -0.439. The van der Waals surface area contributed by atoms with Gasteiger partial charge in [-0.05, 0) is 6.07 Å². The molecule has 0 fully saturated rings. The number of amides is 1. The summed E-state index contributed by atoms with van der Waals surface area (Å²) in [6.45, 7) is 0. The lowest BCUT2D eigenvalue weighted by Crippen LogP contribution is -2.13. The topological polar surface area (TPSA) is 74.8 Å². The quantitative estimate of drug-likeness (QED) is 0.522. The maximum atomic E-state index is 10.6. The minimum absolute atomic E-state index is 0.144. The lowest BCUT2D eigenvalue weighted by atomic mass is 10.5. The molecule has 0 aliphatic heterocycles. The second-order valence-electron chi connectivity index (χ2n) is 1.50. The summed E-state index contributed by atoms with van der Waals surface area (Å²) in [6.07, 6.45) is 2.77. The first-order chi connectivity index (χ1) is 4.84. The summed E-state index contributed by atoms with van der Waals surface area (Å²) >= 11 is 0. The van der Waals surface area contributed by atoms with E-state index < -0.39 is 5.56 Å². The van der Waals surface area contributed by atoms with Gasteiger partial charge in [0.2, 0.25) is 6.41 Å². The van der Waals surface area contributed by atoms with Crippen LogP contribution >= 0.6 is 0 Å². The molecule has 0 atom stereocenters. The Hall–Kier alpha value is -1.65. The van der Waals surface area contributed by atoms with Gasteiger partial charge in [0.15, 0.2) is 0 Å². The van der Waals surface area contributed by atoms with Crippen LogP contribution < -0.4 is 10.9 Å². The van der Waals surface area contributed by atoms with Crippen molar-refractivity contribution in [2.24, 2.45) is 0 Å². The number of aromatic nitrogens is 2. The average Bonchev–Trinajstić information content (AvgIpc) is 1.94. The molecule has 5 heteroatoms. The van der Waals surface area contributed by atoms with E-state index in [4.69, 9.17) is 0 Å². The van der Waals surface area contributed by atoms with E-state index in [-0.39, 0.29) is 5.69 Å². The zero-order valence-electron chi connectivity index (χ0n) is 4.92. The predicted molar refractivity (Wildman–Crippen MR) is 33.4 cm³/mol. The number of hydrogen-bond acceptors (Lipinski definition) is 3. The molecule has 10 heavy (non-hydrogen) atoms. The maximum Gasteiger partial charge on any atom is 0.287 e. The van der Waals surface area contributed by atoms with Crippen LogP contribution in [0.15, 0.2) is 10.9 Å². The number of nitrogens with zero attached hydrogens (tertiary/aromatic N) is 1. The highest BCUT2D eigenvalue weighted by atomic mass is 16.1. The molecular weight excluding hydrogens is 134 g/mol.